The highest BCUT2D eigenvalue weighted by Crippen LogP contribution is 2.12. The first-order chi connectivity index (χ1) is 6.13. The van der Waals surface area contributed by atoms with E-state index in [0.29, 0.717) is 5.82 Å². The Morgan fingerprint density at radius 3 is 2.54 bits per heavy atom. The summed E-state index contributed by atoms with van der Waals surface area (Å²) < 4.78 is 5.54. The average Bonchev–Trinajstić information content (AvgIpc) is 2.03. The van der Waals surface area contributed by atoms with Crippen LogP contribution >= 0.6 is 0 Å². The van der Waals surface area contributed by atoms with Crippen LogP contribution in [0.4, 0.5) is 0 Å². The molecule has 0 aromatic rings. The van der Waals surface area contributed by atoms with Crippen LogP contribution in [0.3, 0.4) is 0 Å². The van der Waals surface area contributed by atoms with Gasteiger partial charge in [-0.05, 0) is 13.8 Å². The lowest BCUT2D eigenvalue weighted by Crippen LogP contribution is -2.46. The molecule has 4 nitrogen and oxygen atoms in total. The van der Waals surface area contributed by atoms with Crippen molar-refractivity contribution >= 4 is 0 Å². The van der Waals surface area contributed by atoms with Crippen molar-refractivity contribution < 1.29 is 4.74 Å². The summed E-state index contributed by atoms with van der Waals surface area (Å²) in [6, 6.07) is 1.92. The summed E-state index contributed by atoms with van der Waals surface area (Å²) in [6.07, 6.45) is 1.72. The Hall–Kier alpha value is -1.21. The number of hydrogen-bond donors (Lipinski definition) is 1. The lowest BCUT2D eigenvalue weighted by atomic mass is 10.2. The minimum atomic E-state index is 0.175. The summed E-state index contributed by atoms with van der Waals surface area (Å²) in [5, 5.41) is 8.43. The molecule has 1 aliphatic heterocycles. The largest absolute Gasteiger partial charge is 0.385 e. The molecule has 0 spiro atoms. The van der Waals surface area contributed by atoms with Gasteiger partial charge in [0.1, 0.15) is 5.82 Å². The van der Waals surface area contributed by atoms with Crippen LogP contribution in [0.1, 0.15) is 13.8 Å². The topological polar surface area (TPSA) is 62.3 Å². The molecule has 1 fully saturated rings. The Balaban J connectivity index is 2.61. The molecule has 4 heteroatoms. The summed E-state index contributed by atoms with van der Waals surface area (Å²) in [5.74, 6) is 0.532. The van der Waals surface area contributed by atoms with Gasteiger partial charge in [0.15, 0.2) is 0 Å². The van der Waals surface area contributed by atoms with Crippen LogP contribution in [0.15, 0.2) is 11.9 Å². The number of nitriles is 1. The SMILES string of the molecule is C[C@H]1CN(/C(N)=C/C#N)C[C@H](C)O1. The van der Waals surface area contributed by atoms with E-state index < -0.39 is 0 Å². The van der Waals surface area contributed by atoms with Gasteiger partial charge >= 0.3 is 0 Å². The summed E-state index contributed by atoms with van der Waals surface area (Å²) in [4.78, 5) is 1.97. The number of allylic oxidation sites excluding steroid dienone is 1. The molecule has 0 amide bonds. The molecular formula is C9H15N3O. The molecule has 13 heavy (non-hydrogen) atoms. The smallest absolute Gasteiger partial charge is 0.110 e. The van der Waals surface area contributed by atoms with E-state index in [1.54, 1.807) is 0 Å². The summed E-state index contributed by atoms with van der Waals surface area (Å²) in [7, 11) is 0. The number of morpholine rings is 1. The standard InChI is InChI=1S/C9H15N3O/c1-7-5-12(6-8(2)13-7)9(11)3-4-10/h3,7-8H,5-6,11H2,1-2H3/b9-3+/t7-,8-/m0/s1. The Bertz CT molecular complexity index is 234. The molecule has 0 radical (unpaired) electrons. The van der Waals surface area contributed by atoms with Gasteiger partial charge in [0, 0.05) is 13.1 Å². The second kappa shape index (κ2) is 4.15. The van der Waals surface area contributed by atoms with Gasteiger partial charge in [-0.25, -0.2) is 0 Å². The van der Waals surface area contributed by atoms with Gasteiger partial charge in [-0.2, -0.15) is 5.26 Å². The molecule has 0 saturated carbocycles. The van der Waals surface area contributed by atoms with E-state index in [1.165, 1.54) is 6.08 Å². The van der Waals surface area contributed by atoms with Gasteiger partial charge in [-0.3, -0.25) is 0 Å². The fourth-order valence-corrected chi connectivity index (χ4v) is 1.55. The van der Waals surface area contributed by atoms with Crippen molar-refractivity contribution in [2.24, 2.45) is 5.73 Å². The van der Waals surface area contributed by atoms with E-state index in [2.05, 4.69) is 0 Å². The molecule has 2 N–H and O–H groups in total. The summed E-state index contributed by atoms with van der Waals surface area (Å²) >= 11 is 0. The van der Waals surface area contributed by atoms with Crippen LogP contribution in [0, 0.1) is 11.3 Å². The lowest BCUT2D eigenvalue weighted by molar-refractivity contribution is -0.0581. The van der Waals surface area contributed by atoms with Crippen LogP contribution in [0.5, 0.6) is 0 Å². The number of nitrogens with zero attached hydrogens (tertiary/aromatic N) is 2. The maximum atomic E-state index is 8.43. The summed E-state index contributed by atoms with van der Waals surface area (Å²) in [6.45, 7) is 5.52. The normalized spacial score (nSPS) is 29.9. The highest BCUT2D eigenvalue weighted by Gasteiger charge is 2.22. The van der Waals surface area contributed by atoms with Crippen molar-refractivity contribution in [1.29, 1.82) is 5.26 Å². The highest BCUT2D eigenvalue weighted by molar-refractivity contribution is 5.10. The summed E-state index contributed by atoms with van der Waals surface area (Å²) in [5.41, 5.74) is 5.69. The van der Waals surface area contributed by atoms with Crippen LogP contribution in [-0.4, -0.2) is 30.2 Å². The minimum Gasteiger partial charge on any atom is -0.385 e. The van der Waals surface area contributed by atoms with E-state index in [9.17, 15) is 0 Å². The predicted molar refractivity (Wildman–Crippen MR) is 49.5 cm³/mol. The number of ether oxygens (including phenoxy) is 1. The van der Waals surface area contributed by atoms with E-state index in [1.807, 2.05) is 24.8 Å². The van der Waals surface area contributed by atoms with E-state index >= 15 is 0 Å². The van der Waals surface area contributed by atoms with Gasteiger partial charge in [0.2, 0.25) is 0 Å². The monoisotopic (exact) mass is 181 g/mol. The average molecular weight is 181 g/mol. The van der Waals surface area contributed by atoms with Gasteiger partial charge in [-0.1, -0.05) is 0 Å². The van der Waals surface area contributed by atoms with Crippen molar-refractivity contribution in [2.75, 3.05) is 13.1 Å². The molecule has 1 saturated heterocycles. The van der Waals surface area contributed by atoms with Gasteiger partial charge in [0.05, 0.1) is 24.4 Å². The van der Waals surface area contributed by atoms with Gasteiger partial charge < -0.3 is 15.4 Å². The molecule has 1 rings (SSSR count). The molecule has 72 valence electrons. The van der Waals surface area contributed by atoms with Crippen molar-refractivity contribution in [1.82, 2.24) is 4.90 Å². The third-order valence-corrected chi connectivity index (χ3v) is 2.00. The Morgan fingerprint density at radius 1 is 1.54 bits per heavy atom. The molecule has 0 aromatic heterocycles. The van der Waals surface area contributed by atoms with Crippen molar-refractivity contribution in [3.63, 3.8) is 0 Å². The van der Waals surface area contributed by atoms with Crippen LogP contribution in [0.25, 0.3) is 0 Å². The number of nitrogens with two attached hydrogens (primary N) is 1. The fourth-order valence-electron chi connectivity index (χ4n) is 1.55. The van der Waals surface area contributed by atoms with Crippen molar-refractivity contribution in [3.05, 3.63) is 11.9 Å². The minimum absolute atomic E-state index is 0.175. The second-order valence-electron chi connectivity index (χ2n) is 3.36. The zero-order valence-electron chi connectivity index (χ0n) is 8.03. The molecular weight excluding hydrogens is 166 g/mol. The Labute approximate surface area is 78.6 Å². The fraction of sp³-hybridized carbons (Fsp3) is 0.667. The maximum absolute atomic E-state index is 8.43. The molecule has 0 aromatic carbocycles. The third kappa shape index (κ3) is 2.63. The molecule has 0 bridgehead atoms. The van der Waals surface area contributed by atoms with E-state index in [-0.39, 0.29) is 12.2 Å². The third-order valence-electron chi connectivity index (χ3n) is 2.00. The van der Waals surface area contributed by atoms with E-state index in [0.717, 1.165) is 13.1 Å². The predicted octanol–water partition coefficient (Wildman–Crippen LogP) is 0.419. The quantitative estimate of drug-likeness (QED) is 0.595. The Kier molecular flexibility index (Phi) is 3.15. The highest BCUT2D eigenvalue weighted by atomic mass is 16.5. The van der Waals surface area contributed by atoms with E-state index in [4.69, 9.17) is 15.7 Å². The maximum Gasteiger partial charge on any atom is 0.110 e. The second-order valence-corrected chi connectivity index (χ2v) is 3.36. The molecule has 1 aliphatic rings. The zero-order valence-corrected chi connectivity index (χ0v) is 8.03. The molecule has 1 heterocycles. The lowest BCUT2D eigenvalue weighted by Gasteiger charge is -2.36. The first kappa shape index (κ1) is 9.87. The zero-order chi connectivity index (χ0) is 9.84. The van der Waals surface area contributed by atoms with Crippen LogP contribution < -0.4 is 5.73 Å². The van der Waals surface area contributed by atoms with Crippen molar-refractivity contribution in [3.8, 4) is 6.07 Å². The van der Waals surface area contributed by atoms with Crippen LogP contribution in [0.2, 0.25) is 0 Å². The Morgan fingerprint density at radius 2 is 2.08 bits per heavy atom. The van der Waals surface area contributed by atoms with Gasteiger partial charge in [-0.15, -0.1) is 0 Å². The number of rotatable bonds is 1. The van der Waals surface area contributed by atoms with Gasteiger partial charge in [0.25, 0.3) is 0 Å². The molecule has 2 atom stereocenters. The molecule has 0 unspecified atom stereocenters. The van der Waals surface area contributed by atoms with Crippen LogP contribution in [-0.2, 0) is 4.74 Å². The molecule has 0 aliphatic carbocycles. The number of hydrogen-bond acceptors (Lipinski definition) is 4. The first-order valence-corrected chi connectivity index (χ1v) is 4.39. The first-order valence-electron chi connectivity index (χ1n) is 4.39. The van der Waals surface area contributed by atoms with Crippen molar-refractivity contribution in [2.45, 2.75) is 26.1 Å².